The number of carbonyl (C=O) groups excluding carboxylic acids is 2. The van der Waals surface area contributed by atoms with Crippen LogP contribution in [0.2, 0.25) is 0 Å². The lowest BCUT2D eigenvalue weighted by Gasteiger charge is -2.25. The van der Waals surface area contributed by atoms with Crippen molar-refractivity contribution >= 4 is 33.4 Å². The van der Waals surface area contributed by atoms with Crippen LogP contribution in [0.15, 0.2) is 39.9 Å². The molecule has 0 bridgehead atoms. The molecule has 9 heteroatoms. The van der Waals surface area contributed by atoms with Crippen molar-refractivity contribution in [2.45, 2.75) is 33.0 Å². The number of primary amides is 1. The monoisotopic (exact) mass is 412 g/mol. The number of fused-ring (bicyclic) bond motifs is 3. The van der Waals surface area contributed by atoms with Gasteiger partial charge >= 0.3 is 5.69 Å². The van der Waals surface area contributed by atoms with E-state index in [0.29, 0.717) is 29.7 Å². The number of amides is 2. The van der Waals surface area contributed by atoms with E-state index in [1.165, 1.54) is 22.8 Å². The van der Waals surface area contributed by atoms with Gasteiger partial charge in [0.1, 0.15) is 11.4 Å². The summed E-state index contributed by atoms with van der Waals surface area (Å²) in [6.45, 7) is 2.22. The van der Waals surface area contributed by atoms with Crippen LogP contribution >= 0.6 is 11.3 Å². The number of hydrogen-bond acceptors (Lipinski definition) is 5. The Morgan fingerprint density at radius 3 is 2.52 bits per heavy atom. The first kappa shape index (κ1) is 19.1. The Balaban J connectivity index is 1.96. The van der Waals surface area contributed by atoms with Crippen molar-refractivity contribution in [3.05, 3.63) is 67.2 Å². The smallest absolute Gasteiger partial charge is 0.332 e. The van der Waals surface area contributed by atoms with E-state index in [-0.39, 0.29) is 24.6 Å². The van der Waals surface area contributed by atoms with Crippen LogP contribution in [0, 0.1) is 0 Å². The van der Waals surface area contributed by atoms with Gasteiger partial charge in [-0.1, -0.05) is 30.3 Å². The fraction of sp³-hybridized carbons (Fsp3) is 0.300. The van der Waals surface area contributed by atoms with Crippen molar-refractivity contribution in [3.63, 3.8) is 0 Å². The van der Waals surface area contributed by atoms with E-state index in [2.05, 4.69) is 0 Å². The SMILES string of the molecule is CC(=O)N1CCc2c(sc3c2c(=O)n(Cc2ccccc2)c(=O)n3CC(N)=O)C1. The summed E-state index contributed by atoms with van der Waals surface area (Å²) in [5, 5.41) is 0.449. The van der Waals surface area contributed by atoms with Crippen LogP contribution in [-0.4, -0.2) is 32.4 Å². The second-order valence-corrected chi connectivity index (χ2v) is 8.17. The lowest BCUT2D eigenvalue weighted by Crippen LogP contribution is -2.42. The largest absolute Gasteiger partial charge is 0.368 e. The summed E-state index contributed by atoms with van der Waals surface area (Å²) < 4.78 is 2.44. The average Bonchev–Trinajstić information content (AvgIpc) is 3.07. The predicted molar refractivity (Wildman–Crippen MR) is 110 cm³/mol. The van der Waals surface area contributed by atoms with Gasteiger partial charge in [0.2, 0.25) is 11.8 Å². The molecule has 150 valence electrons. The van der Waals surface area contributed by atoms with Crippen molar-refractivity contribution in [1.82, 2.24) is 14.0 Å². The van der Waals surface area contributed by atoms with Gasteiger partial charge < -0.3 is 10.6 Å². The Labute approximate surface area is 169 Å². The molecule has 1 aliphatic rings. The molecule has 0 spiro atoms. The maximum Gasteiger partial charge on any atom is 0.332 e. The summed E-state index contributed by atoms with van der Waals surface area (Å²) in [5.74, 6) is -0.695. The number of rotatable bonds is 4. The standard InChI is InChI=1S/C20H20N4O4S/c1-12(25)22-8-7-14-15(10-22)29-19-17(14)18(27)23(9-13-5-3-2-4-6-13)20(28)24(19)11-16(21)26/h2-6H,7-11H2,1H3,(H2,21,26). The molecule has 0 radical (unpaired) electrons. The molecule has 0 atom stereocenters. The first-order chi connectivity index (χ1) is 13.9. The second-order valence-electron chi connectivity index (χ2n) is 7.09. The Kier molecular flexibility index (Phi) is 4.83. The molecule has 1 aliphatic heterocycles. The summed E-state index contributed by atoms with van der Waals surface area (Å²) >= 11 is 1.28. The number of hydrogen-bond donors (Lipinski definition) is 1. The third-order valence-corrected chi connectivity index (χ3v) is 6.39. The van der Waals surface area contributed by atoms with E-state index in [9.17, 15) is 19.2 Å². The molecular weight excluding hydrogens is 392 g/mol. The van der Waals surface area contributed by atoms with Gasteiger partial charge in [0, 0.05) is 18.3 Å². The van der Waals surface area contributed by atoms with E-state index >= 15 is 0 Å². The first-order valence-corrected chi connectivity index (χ1v) is 10.0. The predicted octanol–water partition coefficient (Wildman–Crippen LogP) is 0.663. The van der Waals surface area contributed by atoms with E-state index in [1.54, 1.807) is 4.90 Å². The summed E-state index contributed by atoms with van der Waals surface area (Å²) in [4.78, 5) is 52.8. The maximum atomic E-state index is 13.3. The quantitative estimate of drug-likeness (QED) is 0.679. The average molecular weight is 412 g/mol. The highest BCUT2D eigenvalue weighted by molar-refractivity contribution is 7.18. The Hall–Kier alpha value is -3.20. The van der Waals surface area contributed by atoms with Gasteiger partial charge in [-0.15, -0.1) is 11.3 Å². The number of nitrogens with zero attached hydrogens (tertiary/aromatic N) is 3. The maximum absolute atomic E-state index is 13.3. The zero-order valence-corrected chi connectivity index (χ0v) is 16.7. The highest BCUT2D eigenvalue weighted by Crippen LogP contribution is 2.33. The van der Waals surface area contributed by atoms with Gasteiger partial charge in [0.15, 0.2) is 0 Å². The molecule has 4 rings (SSSR count). The van der Waals surface area contributed by atoms with E-state index in [1.807, 2.05) is 30.3 Å². The highest BCUT2D eigenvalue weighted by Gasteiger charge is 2.27. The summed E-state index contributed by atoms with van der Waals surface area (Å²) in [6, 6.07) is 9.20. The molecule has 0 unspecified atom stereocenters. The van der Waals surface area contributed by atoms with Crippen LogP contribution in [0.25, 0.3) is 10.2 Å². The molecule has 3 heterocycles. The van der Waals surface area contributed by atoms with Crippen LogP contribution < -0.4 is 17.0 Å². The molecule has 3 aromatic rings. The molecule has 0 saturated heterocycles. The minimum absolute atomic E-state index is 0.0379. The third kappa shape index (κ3) is 3.38. The van der Waals surface area contributed by atoms with Gasteiger partial charge in [-0.05, 0) is 17.5 Å². The first-order valence-electron chi connectivity index (χ1n) is 9.22. The Morgan fingerprint density at radius 1 is 1.14 bits per heavy atom. The number of aromatic nitrogens is 2. The van der Waals surface area contributed by atoms with Crippen LogP contribution in [0.3, 0.4) is 0 Å². The summed E-state index contributed by atoms with van der Waals surface area (Å²) in [7, 11) is 0. The lowest BCUT2D eigenvalue weighted by atomic mass is 10.1. The molecule has 8 nitrogen and oxygen atoms in total. The molecule has 2 aromatic heterocycles. The minimum atomic E-state index is -0.657. The van der Waals surface area contributed by atoms with Crippen molar-refractivity contribution in [1.29, 1.82) is 0 Å². The molecular formula is C20H20N4O4S. The molecule has 1 aromatic carbocycles. The second kappa shape index (κ2) is 7.32. The Morgan fingerprint density at radius 2 is 1.86 bits per heavy atom. The number of thiophene rings is 1. The van der Waals surface area contributed by atoms with Crippen LogP contribution in [0.5, 0.6) is 0 Å². The van der Waals surface area contributed by atoms with Gasteiger partial charge in [-0.3, -0.25) is 23.5 Å². The van der Waals surface area contributed by atoms with Gasteiger partial charge in [-0.25, -0.2) is 4.79 Å². The van der Waals surface area contributed by atoms with Gasteiger partial charge in [0.25, 0.3) is 5.56 Å². The van der Waals surface area contributed by atoms with Crippen LogP contribution in [-0.2, 0) is 35.6 Å². The molecule has 0 saturated carbocycles. The van der Waals surface area contributed by atoms with Crippen molar-refractivity contribution in [2.75, 3.05) is 6.54 Å². The number of nitrogens with two attached hydrogens (primary N) is 1. The van der Waals surface area contributed by atoms with E-state index in [4.69, 9.17) is 5.73 Å². The molecule has 0 aliphatic carbocycles. The lowest BCUT2D eigenvalue weighted by molar-refractivity contribution is -0.129. The van der Waals surface area contributed by atoms with E-state index in [0.717, 1.165) is 20.6 Å². The topological polar surface area (TPSA) is 107 Å². The number of benzene rings is 1. The Bertz CT molecular complexity index is 1240. The van der Waals surface area contributed by atoms with Crippen LogP contribution in [0.1, 0.15) is 22.9 Å². The zero-order chi connectivity index (χ0) is 20.7. The molecule has 0 fully saturated rings. The molecule has 29 heavy (non-hydrogen) atoms. The number of carbonyl (C=O) groups is 2. The summed E-state index contributed by atoms with van der Waals surface area (Å²) in [5.41, 5.74) is 6.10. The molecule has 2 N–H and O–H groups in total. The summed E-state index contributed by atoms with van der Waals surface area (Å²) in [6.07, 6.45) is 0.532. The van der Waals surface area contributed by atoms with Crippen molar-refractivity contribution in [2.24, 2.45) is 5.73 Å². The zero-order valence-electron chi connectivity index (χ0n) is 15.9. The van der Waals surface area contributed by atoms with Crippen molar-refractivity contribution in [3.8, 4) is 0 Å². The third-order valence-electron chi connectivity index (χ3n) is 5.15. The molecule has 2 amide bonds. The van der Waals surface area contributed by atoms with E-state index < -0.39 is 11.6 Å². The highest BCUT2D eigenvalue weighted by atomic mass is 32.1. The van der Waals surface area contributed by atoms with Crippen molar-refractivity contribution < 1.29 is 9.59 Å². The fourth-order valence-corrected chi connectivity index (χ4v) is 5.07. The van der Waals surface area contributed by atoms with Gasteiger partial charge in [0.05, 0.1) is 18.5 Å². The minimum Gasteiger partial charge on any atom is -0.368 e. The fourth-order valence-electron chi connectivity index (χ4n) is 3.72. The van der Waals surface area contributed by atoms with Crippen LogP contribution in [0.4, 0.5) is 0 Å². The van der Waals surface area contributed by atoms with Gasteiger partial charge in [-0.2, -0.15) is 0 Å². The normalized spacial score (nSPS) is 13.5.